The molecule has 0 bridgehead atoms. The average Bonchev–Trinajstić information content (AvgIpc) is 2.38. The van der Waals surface area contributed by atoms with E-state index in [-0.39, 0.29) is 11.3 Å². The number of carboxylic acids is 1. The van der Waals surface area contributed by atoms with E-state index >= 15 is 0 Å². The Morgan fingerprint density at radius 2 is 2.21 bits per heavy atom. The number of hydrogen-bond acceptors (Lipinski definition) is 5. The lowest BCUT2D eigenvalue weighted by molar-refractivity contribution is 0.0694. The first-order chi connectivity index (χ1) is 9.10. The molecule has 98 valence electrons. The molecule has 0 fully saturated rings. The number of rotatable bonds is 4. The van der Waals surface area contributed by atoms with Gasteiger partial charge in [0.25, 0.3) is 0 Å². The largest absolute Gasteiger partial charge is 0.478 e. The normalized spacial score (nSPS) is 10.2. The highest BCUT2D eigenvalue weighted by atomic mass is 16.5. The van der Waals surface area contributed by atoms with Crippen LogP contribution in [-0.2, 0) is 6.42 Å². The zero-order valence-corrected chi connectivity index (χ0v) is 10.6. The molecule has 0 aliphatic carbocycles. The first kappa shape index (κ1) is 12.9. The second-order valence-electron chi connectivity index (χ2n) is 3.88. The summed E-state index contributed by atoms with van der Waals surface area (Å²) in [6.07, 6.45) is 3.50. The minimum Gasteiger partial charge on any atom is -0.478 e. The zero-order chi connectivity index (χ0) is 13.8. The molecule has 0 aromatic carbocycles. The maximum absolute atomic E-state index is 11.1. The van der Waals surface area contributed by atoms with E-state index in [9.17, 15) is 4.79 Å². The van der Waals surface area contributed by atoms with Gasteiger partial charge in [-0.25, -0.2) is 9.78 Å². The van der Waals surface area contributed by atoms with Crippen LogP contribution in [0.3, 0.4) is 0 Å². The number of pyridine rings is 1. The molecule has 0 saturated heterocycles. The number of aromatic carboxylic acids is 1. The Kier molecular flexibility index (Phi) is 3.70. The predicted octanol–water partition coefficient (Wildman–Crippen LogP) is 2.23. The summed E-state index contributed by atoms with van der Waals surface area (Å²) in [5.74, 6) is -0.0102. The third kappa shape index (κ3) is 3.04. The lowest BCUT2D eigenvalue weighted by Gasteiger charge is -2.08. The molecule has 0 unspecified atom stereocenters. The highest BCUT2D eigenvalue weighted by Crippen LogP contribution is 2.23. The second-order valence-corrected chi connectivity index (χ2v) is 3.88. The summed E-state index contributed by atoms with van der Waals surface area (Å²) in [4.78, 5) is 23.3. The van der Waals surface area contributed by atoms with E-state index in [1.807, 2.05) is 6.92 Å². The van der Waals surface area contributed by atoms with Crippen LogP contribution < -0.4 is 4.74 Å². The summed E-state index contributed by atoms with van der Waals surface area (Å²) in [7, 11) is 0. The molecular formula is C13H13N3O3. The number of aryl methyl sites for hydroxylation is 2. The highest BCUT2D eigenvalue weighted by molar-refractivity contribution is 5.90. The number of nitrogens with zero attached hydrogens (tertiary/aromatic N) is 3. The summed E-state index contributed by atoms with van der Waals surface area (Å²) < 4.78 is 5.50. The summed E-state index contributed by atoms with van der Waals surface area (Å²) >= 11 is 0. The van der Waals surface area contributed by atoms with E-state index in [1.54, 1.807) is 13.0 Å². The lowest BCUT2D eigenvalue weighted by atomic mass is 10.2. The van der Waals surface area contributed by atoms with Crippen molar-refractivity contribution in [3.05, 3.63) is 41.6 Å². The first-order valence-corrected chi connectivity index (χ1v) is 5.80. The van der Waals surface area contributed by atoms with E-state index in [0.29, 0.717) is 11.7 Å². The molecule has 0 saturated carbocycles. The Balaban J connectivity index is 2.36. The fourth-order valence-corrected chi connectivity index (χ4v) is 1.58. The molecule has 0 radical (unpaired) electrons. The van der Waals surface area contributed by atoms with Crippen LogP contribution in [0.15, 0.2) is 24.5 Å². The van der Waals surface area contributed by atoms with Crippen LogP contribution in [0, 0.1) is 6.92 Å². The van der Waals surface area contributed by atoms with Gasteiger partial charge in [-0.1, -0.05) is 6.92 Å². The molecule has 0 amide bonds. The van der Waals surface area contributed by atoms with E-state index in [2.05, 4.69) is 15.0 Å². The van der Waals surface area contributed by atoms with Gasteiger partial charge in [-0.3, -0.25) is 4.98 Å². The Hall–Kier alpha value is -2.50. The van der Waals surface area contributed by atoms with Crippen molar-refractivity contribution in [1.82, 2.24) is 15.0 Å². The van der Waals surface area contributed by atoms with Gasteiger partial charge in [0, 0.05) is 18.0 Å². The zero-order valence-electron chi connectivity index (χ0n) is 10.6. The van der Waals surface area contributed by atoms with Crippen molar-refractivity contribution < 1.29 is 14.6 Å². The van der Waals surface area contributed by atoms with Crippen LogP contribution in [0.2, 0.25) is 0 Å². The molecule has 2 heterocycles. The molecular weight excluding hydrogens is 246 g/mol. The molecule has 19 heavy (non-hydrogen) atoms. The molecule has 0 aliphatic heterocycles. The summed E-state index contributed by atoms with van der Waals surface area (Å²) in [5, 5.41) is 9.06. The number of ether oxygens (including phenoxy) is 1. The maximum Gasteiger partial charge on any atom is 0.339 e. The van der Waals surface area contributed by atoms with Crippen LogP contribution >= 0.6 is 0 Å². The molecule has 2 aromatic heterocycles. The van der Waals surface area contributed by atoms with Crippen LogP contribution in [0.25, 0.3) is 0 Å². The van der Waals surface area contributed by atoms with Crippen molar-refractivity contribution in [3.8, 4) is 11.6 Å². The van der Waals surface area contributed by atoms with Crippen molar-refractivity contribution >= 4 is 5.97 Å². The van der Waals surface area contributed by atoms with Crippen molar-refractivity contribution in [1.29, 1.82) is 0 Å². The van der Waals surface area contributed by atoms with Crippen LogP contribution in [0.1, 0.15) is 28.8 Å². The van der Waals surface area contributed by atoms with Crippen molar-refractivity contribution in [2.75, 3.05) is 0 Å². The number of aromatic nitrogens is 3. The molecule has 0 atom stereocenters. The second kappa shape index (κ2) is 5.43. The topological polar surface area (TPSA) is 85.2 Å². The predicted molar refractivity (Wildman–Crippen MR) is 67.4 cm³/mol. The van der Waals surface area contributed by atoms with Crippen LogP contribution in [0.5, 0.6) is 11.6 Å². The minimum absolute atomic E-state index is 0.0457. The van der Waals surface area contributed by atoms with Gasteiger partial charge < -0.3 is 9.84 Å². The van der Waals surface area contributed by atoms with Crippen LogP contribution in [0.4, 0.5) is 0 Å². The van der Waals surface area contributed by atoms with Gasteiger partial charge in [-0.15, -0.1) is 0 Å². The maximum atomic E-state index is 11.1. The molecule has 0 aliphatic rings. The van der Waals surface area contributed by atoms with Gasteiger partial charge in [0.05, 0.1) is 6.20 Å². The third-order valence-electron chi connectivity index (χ3n) is 2.46. The lowest BCUT2D eigenvalue weighted by Crippen LogP contribution is -2.02. The fourth-order valence-electron chi connectivity index (χ4n) is 1.58. The van der Waals surface area contributed by atoms with Gasteiger partial charge in [0.2, 0.25) is 5.88 Å². The van der Waals surface area contributed by atoms with Crippen LogP contribution in [-0.4, -0.2) is 26.0 Å². The Morgan fingerprint density at radius 1 is 1.42 bits per heavy atom. The first-order valence-electron chi connectivity index (χ1n) is 5.80. The quantitative estimate of drug-likeness (QED) is 0.906. The molecule has 0 spiro atoms. The Labute approximate surface area is 110 Å². The van der Waals surface area contributed by atoms with Crippen molar-refractivity contribution in [3.63, 3.8) is 0 Å². The molecule has 2 rings (SSSR count). The molecule has 6 heteroatoms. The number of carbonyl (C=O) groups is 1. The Morgan fingerprint density at radius 3 is 2.89 bits per heavy atom. The average molecular weight is 259 g/mol. The van der Waals surface area contributed by atoms with E-state index in [4.69, 9.17) is 9.84 Å². The van der Waals surface area contributed by atoms with Gasteiger partial charge in [-0.05, 0) is 19.4 Å². The molecule has 1 N–H and O–H groups in total. The summed E-state index contributed by atoms with van der Waals surface area (Å²) in [6, 6.07) is 3.07. The smallest absolute Gasteiger partial charge is 0.339 e. The SMILES string of the molecule is CCc1cc(Oc2cnccc2C(=O)O)nc(C)n1. The van der Waals surface area contributed by atoms with Crippen molar-refractivity contribution in [2.24, 2.45) is 0 Å². The van der Waals surface area contributed by atoms with E-state index in [0.717, 1.165) is 12.1 Å². The summed E-state index contributed by atoms with van der Waals surface area (Å²) in [6.45, 7) is 3.73. The van der Waals surface area contributed by atoms with Crippen molar-refractivity contribution in [2.45, 2.75) is 20.3 Å². The van der Waals surface area contributed by atoms with E-state index in [1.165, 1.54) is 18.5 Å². The Bertz CT molecular complexity index is 614. The van der Waals surface area contributed by atoms with Gasteiger partial charge in [0.15, 0.2) is 5.75 Å². The van der Waals surface area contributed by atoms with Gasteiger partial charge >= 0.3 is 5.97 Å². The van der Waals surface area contributed by atoms with Gasteiger partial charge in [0.1, 0.15) is 11.4 Å². The number of hydrogen-bond donors (Lipinski definition) is 1. The third-order valence-corrected chi connectivity index (χ3v) is 2.46. The molecule has 2 aromatic rings. The standard InChI is InChI=1S/C13H13N3O3/c1-3-9-6-12(16-8(2)15-9)19-11-7-14-5-4-10(11)13(17)18/h4-7H,3H2,1-2H3,(H,17,18). The number of carboxylic acid groups (broad SMARTS) is 1. The van der Waals surface area contributed by atoms with E-state index < -0.39 is 5.97 Å². The summed E-state index contributed by atoms with van der Waals surface area (Å²) in [5.41, 5.74) is 0.882. The monoisotopic (exact) mass is 259 g/mol. The fraction of sp³-hybridized carbons (Fsp3) is 0.231. The van der Waals surface area contributed by atoms with Gasteiger partial charge in [-0.2, -0.15) is 4.98 Å². The highest BCUT2D eigenvalue weighted by Gasteiger charge is 2.13. The molecule has 6 nitrogen and oxygen atoms in total. The minimum atomic E-state index is -1.07.